The molecule has 1 aromatic rings. The first-order valence-electron chi connectivity index (χ1n) is 7.29. The van der Waals surface area contributed by atoms with Gasteiger partial charge in [0.1, 0.15) is 5.01 Å². The van der Waals surface area contributed by atoms with Crippen molar-refractivity contribution in [2.75, 3.05) is 0 Å². The molecule has 3 heteroatoms. The van der Waals surface area contributed by atoms with Crippen LogP contribution in [0.4, 0.5) is 0 Å². The Kier molecular flexibility index (Phi) is 3.46. The summed E-state index contributed by atoms with van der Waals surface area (Å²) >= 11 is 1.84. The summed E-state index contributed by atoms with van der Waals surface area (Å²) in [5, 5.41) is 4.96. The van der Waals surface area contributed by atoms with E-state index < -0.39 is 0 Å². The standard InChI is InChI=1S/C15H24N2S/c1-9-11(3)18-15(17-9)8-16-10(2)14-7-12-4-5-13(14)6-12/h10,12-14,16H,4-8H2,1-3H3. The minimum absolute atomic E-state index is 0.657. The Balaban J connectivity index is 1.54. The van der Waals surface area contributed by atoms with Gasteiger partial charge in [-0.3, -0.25) is 0 Å². The summed E-state index contributed by atoms with van der Waals surface area (Å²) in [6.45, 7) is 7.59. The summed E-state index contributed by atoms with van der Waals surface area (Å²) in [5.74, 6) is 2.98. The van der Waals surface area contributed by atoms with Crippen molar-refractivity contribution in [1.82, 2.24) is 10.3 Å². The molecule has 2 fully saturated rings. The highest BCUT2D eigenvalue weighted by Crippen LogP contribution is 2.49. The van der Waals surface area contributed by atoms with E-state index in [0.29, 0.717) is 6.04 Å². The molecule has 1 heterocycles. The van der Waals surface area contributed by atoms with E-state index in [1.54, 1.807) is 0 Å². The average Bonchev–Trinajstić information content (AvgIpc) is 3.03. The Labute approximate surface area is 114 Å². The smallest absolute Gasteiger partial charge is 0.107 e. The molecule has 0 aromatic carbocycles. The van der Waals surface area contributed by atoms with E-state index in [1.807, 2.05) is 11.3 Å². The minimum Gasteiger partial charge on any atom is -0.308 e. The van der Waals surface area contributed by atoms with E-state index in [-0.39, 0.29) is 0 Å². The lowest BCUT2D eigenvalue weighted by molar-refractivity contribution is 0.259. The first kappa shape index (κ1) is 12.6. The summed E-state index contributed by atoms with van der Waals surface area (Å²) in [6, 6.07) is 0.657. The molecule has 0 amide bonds. The SMILES string of the molecule is Cc1nc(CNC(C)C2CC3CCC2C3)sc1C. The van der Waals surface area contributed by atoms with Gasteiger partial charge in [-0.1, -0.05) is 6.42 Å². The van der Waals surface area contributed by atoms with Crippen molar-refractivity contribution in [3.8, 4) is 0 Å². The third kappa shape index (κ3) is 2.35. The largest absolute Gasteiger partial charge is 0.308 e. The number of thiazole rings is 1. The summed E-state index contributed by atoms with van der Waals surface area (Å²) in [5.41, 5.74) is 1.20. The summed E-state index contributed by atoms with van der Waals surface area (Å²) in [4.78, 5) is 5.97. The Morgan fingerprint density at radius 3 is 2.72 bits per heavy atom. The van der Waals surface area contributed by atoms with Crippen LogP contribution in [-0.4, -0.2) is 11.0 Å². The predicted octanol–water partition coefficient (Wildman–Crippen LogP) is 3.67. The number of nitrogens with one attached hydrogen (secondary N) is 1. The van der Waals surface area contributed by atoms with Gasteiger partial charge in [-0.15, -0.1) is 11.3 Å². The van der Waals surface area contributed by atoms with E-state index in [1.165, 1.54) is 41.3 Å². The second kappa shape index (κ2) is 4.93. The minimum atomic E-state index is 0.657. The lowest BCUT2D eigenvalue weighted by Crippen LogP contribution is -2.35. The summed E-state index contributed by atoms with van der Waals surface area (Å²) in [6.07, 6.45) is 5.95. The molecule has 0 spiro atoms. The zero-order chi connectivity index (χ0) is 12.7. The highest BCUT2D eigenvalue weighted by atomic mass is 32.1. The van der Waals surface area contributed by atoms with E-state index in [2.05, 4.69) is 31.1 Å². The fourth-order valence-electron chi connectivity index (χ4n) is 3.92. The molecule has 2 saturated carbocycles. The van der Waals surface area contributed by atoms with Crippen molar-refractivity contribution in [1.29, 1.82) is 0 Å². The molecule has 2 aliphatic carbocycles. The molecule has 0 radical (unpaired) electrons. The van der Waals surface area contributed by atoms with Crippen LogP contribution in [0.2, 0.25) is 0 Å². The second-order valence-electron chi connectivity index (χ2n) is 6.26. The van der Waals surface area contributed by atoms with Crippen molar-refractivity contribution in [3.05, 3.63) is 15.6 Å². The van der Waals surface area contributed by atoms with Crippen LogP contribution < -0.4 is 5.32 Å². The average molecular weight is 264 g/mol. The van der Waals surface area contributed by atoms with E-state index in [4.69, 9.17) is 0 Å². The zero-order valence-corrected chi connectivity index (χ0v) is 12.5. The Morgan fingerprint density at radius 2 is 2.17 bits per heavy atom. The van der Waals surface area contributed by atoms with Crippen LogP contribution in [0.5, 0.6) is 0 Å². The highest BCUT2D eigenvalue weighted by molar-refractivity contribution is 7.11. The Bertz CT molecular complexity index is 407. The van der Waals surface area contributed by atoms with Gasteiger partial charge < -0.3 is 5.32 Å². The van der Waals surface area contributed by atoms with Crippen molar-refractivity contribution in [3.63, 3.8) is 0 Å². The van der Waals surface area contributed by atoms with Crippen molar-refractivity contribution < 1.29 is 0 Å². The first-order valence-corrected chi connectivity index (χ1v) is 8.11. The molecule has 3 rings (SSSR count). The number of aromatic nitrogens is 1. The first-order chi connectivity index (χ1) is 8.63. The number of nitrogens with zero attached hydrogens (tertiary/aromatic N) is 1. The van der Waals surface area contributed by atoms with Gasteiger partial charge in [0, 0.05) is 17.5 Å². The molecule has 4 atom stereocenters. The van der Waals surface area contributed by atoms with Crippen LogP contribution in [0.15, 0.2) is 0 Å². The quantitative estimate of drug-likeness (QED) is 0.897. The molecular weight excluding hydrogens is 240 g/mol. The summed E-state index contributed by atoms with van der Waals surface area (Å²) < 4.78 is 0. The van der Waals surface area contributed by atoms with Crippen molar-refractivity contribution >= 4 is 11.3 Å². The molecule has 1 N–H and O–H groups in total. The Morgan fingerprint density at radius 1 is 1.33 bits per heavy atom. The molecule has 2 bridgehead atoms. The third-order valence-corrected chi connectivity index (χ3v) is 6.16. The van der Waals surface area contributed by atoms with Gasteiger partial charge in [0.05, 0.1) is 5.69 Å². The normalized spacial score (nSPS) is 32.1. The monoisotopic (exact) mass is 264 g/mol. The van der Waals surface area contributed by atoms with Gasteiger partial charge in [0.2, 0.25) is 0 Å². The van der Waals surface area contributed by atoms with Crippen LogP contribution in [0.3, 0.4) is 0 Å². The number of fused-ring (bicyclic) bond motifs is 2. The number of aryl methyl sites for hydroxylation is 2. The fraction of sp³-hybridized carbons (Fsp3) is 0.800. The van der Waals surface area contributed by atoms with Crippen molar-refractivity contribution in [2.24, 2.45) is 17.8 Å². The zero-order valence-electron chi connectivity index (χ0n) is 11.7. The molecule has 0 saturated heterocycles. The Hall–Kier alpha value is -0.410. The number of hydrogen-bond acceptors (Lipinski definition) is 3. The second-order valence-corrected chi connectivity index (χ2v) is 7.55. The third-order valence-electron chi connectivity index (χ3n) is 5.08. The van der Waals surface area contributed by atoms with Gasteiger partial charge in [0.25, 0.3) is 0 Å². The van der Waals surface area contributed by atoms with Crippen LogP contribution in [0.25, 0.3) is 0 Å². The predicted molar refractivity (Wildman–Crippen MR) is 76.8 cm³/mol. The van der Waals surface area contributed by atoms with Gasteiger partial charge in [-0.25, -0.2) is 4.98 Å². The molecule has 18 heavy (non-hydrogen) atoms. The maximum Gasteiger partial charge on any atom is 0.107 e. The summed E-state index contributed by atoms with van der Waals surface area (Å²) in [7, 11) is 0. The molecule has 100 valence electrons. The van der Waals surface area contributed by atoms with Gasteiger partial charge in [-0.2, -0.15) is 0 Å². The maximum atomic E-state index is 4.61. The van der Waals surface area contributed by atoms with Crippen LogP contribution in [0.1, 0.15) is 48.2 Å². The molecule has 1 aromatic heterocycles. The lowest BCUT2D eigenvalue weighted by Gasteiger charge is -2.28. The van der Waals surface area contributed by atoms with Crippen LogP contribution in [0, 0.1) is 31.6 Å². The van der Waals surface area contributed by atoms with Gasteiger partial charge in [-0.05, 0) is 57.8 Å². The lowest BCUT2D eigenvalue weighted by atomic mass is 9.84. The van der Waals surface area contributed by atoms with Crippen molar-refractivity contribution in [2.45, 2.75) is 59.0 Å². The fourth-order valence-corrected chi connectivity index (χ4v) is 4.81. The maximum absolute atomic E-state index is 4.61. The molecule has 0 aliphatic heterocycles. The van der Waals surface area contributed by atoms with Crippen LogP contribution in [-0.2, 0) is 6.54 Å². The van der Waals surface area contributed by atoms with E-state index in [9.17, 15) is 0 Å². The topological polar surface area (TPSA) is 24.9 Å². The van der Waals surface area contributed by atoms with Crippen LogP contribution >= 0.6 is 11.3 Å². The molecular formula is C15H24N2S. The van der Waals surface area contributed by atoms with E-state index in [0.717, 1.165) is 24.3 Å². The van der Waals surface area contributed by atoms with E-state index >= 15 is 0 Å². The number of rotatable bonds is 4. The molecule has 2 aliphatic rings. The number of hydrogen-bond donors (Lipinski definition) is 1. The molecule has 4 unspecified atom stereocenters. The molecule has 2 nitrogen and oxygen atoms in total. The van der Waals surface area contributed by atoms with Gasteiger partial charge in [0.15, 0.2) is 0 Å². The highest BCUT2D eigenvalue weighted by Gasteiger charge is 2.41. The van der Waals surface area contributed by atoms with Gasteiger partial charge >= 0.3 is 0 Å².